The summed E-state index contributed by atoms with van der Waals surface area (Å²) in [5.74, 6) is -0.648. The van der Waals surface area contributed by atoms with Crippen LogP contribution in [0.2, 0.25) is 0 Å². The largest absolute Gasteiger partial charge is 0.457 e. The minimum absolute atomic E-state index is 0.287. The maximum absolute atomic E-state index is 12.1. The molecule has 0 bridgehead atoms. The molecule has 2 aromatic rings. The Morgan fingerprint density at radius 1 is 1.30 bits per heavy atom. The molecule has 0 fully saturated rings. The van der Waals surface area contributed by atoms with E-state index in [1.54, 1.807) is 30.5 Å². The summed E-state index contributed by atoms with van der Waals surface area (Å²) in [7, 11) is 0. The number of cyclic esters (lactones) is 1. The number of amides is 1. The molecule has 0 aliphatic carbocycles. The van der Waals surface area contributed by atoms with Crippen molar-refractivity contribution in [3.63, 3.8) is 0 Å². The van der Waals surface area contributed by atoms with E-state index in [0.717, 1.165) is 10.0 Å². The first-order valence-electron chi connectivity index (χ1n) is 5.85. The number of esters is 1. The Hall–Kier alpha value is -2.21. The number of carbonyl (C=O) groups is 2. The lowest BCUT2D eigenvalue weighted by atomic mass is 10.1. The number of aromatic nitrogens is 1. The van der Waals surface area contributed by atoms with E-state index in [2.05, 4.69) is 26.2 Å². The summed E-state index contributed by atoms with van der Waals surface area (Å²) in [6.45, 7) is 0.290. The number of anilines is 1. The minimum Gasteiger partial charge on any atom is -0.457 e. The number of ether oxygens (including phenoxy) is 1. The molecule has 0 saturated carbocycles. The van der Waals surface area contributed by atoms with Crippen molar-refractivity contribution in [2.75, 3.05) is 5.32 Å². The number of benzene rings is 1. The molecule has 1 aliphatic rings. The Morgan fingerprint density at radius 2 is 2.15 bits per heavy atom. The van der Waals surface area contributed by atoms with Gasteiger partial charge >= 0.3 is 5.97 Å². The summed E-state index contributed by atoms with van der Waals surface area (Å²) >= 11 is 3.26. The van der Waals surface area contributed by atoms with Crippen molar-refractivity contribution >= 4 is 33.5 Å². The van der Waals surface area contributed by atoms with Crippen LogP contribution in [0.25, 0.3) is 0 Å². The predicted molar refractivity (Wildman–Crippen MR) is 75.5 cm³/mol. The average molecular weight is 333 g/mol. The van der Waals surface area contributed by atoms with Crippen LogP contribution in [-0.4, -0.2) is 16.9 Å². The first kappa shape index (κ1) is 12.8. The summed E-state index contributed by atoms with van der Waals surface area (Å²) in [4.78, 5) is 27.5. The third-order valence-corrected chi connectivity index (χ3v) is 3.35. The molecule has 0 radical (unpaired) electrons. The Bertz CT molecular complexity index is 715. The molecule has 0 saturated heterocycles. The monoisotopic (exact) mass is 332 g/mol. The van der Waals surface area contributed by atoms with Gasteiger partial charge in [-0.25, -0.2) is 4.79 Å². The van der Waals surface area contributed by atoms with Crippen LogP contribution >= 0.6 is 15.9 Å². The molecule has 20 heavy (non-hydrogen) atoms. The average Bonchev–Trinajstić information content (AvgIpc) is 2.80. The number of pyridine rings is 1. The Morgan fingerprint density at radius 3 is 2.95 bits per heavy atom. The highest BCUT2D eigenvalue weighted by Gasteiger charge is 2.21. The second-order valence-corrected chi connectivity index (χ2v) is 5.21. The number of fused-ring (bicyclic) bond motifs is 1. The quantitative estimate of drug-likeness (QED) is 0.858. The van der Waals surface area contributed by atoms with E-state index in [9.17, 15) is 9.59 Å². The fourth-order valence-corrected chi connectivity index (χ4v) is 2.30. The third-order valence-electron chi connectivity index (χ3n) is 2.91. The Labute approximate surface area is 123 Å². The lowest BCUT2D eigenvalue weighted by molar-refractivity contribution is 0.0535. The van der Waals surface area contributed by atoms with Gasteiger partial charge in [0.1, 0.15) is 6.61 Å². The molecule has 0 spiro atoms. The summed E-state index contributed by atoms with van der Waals surface area (Å²) in [5, 5.41) is 2.73. The highest BCUT2D eigenvalue weighted by atomic mass is 79.9. The molecule has 0 unspecified atom stereocenters. The highest BCUT2D eigenvalue weighted by Crippen LogP contribution is 2.23. The van der Waals surface area contributed by atoms with E-state index in [0.29, 0.717) is 16.8 Å². The molecular weight excluding hydrogens is 324 g/mol. The van der Waals surface area contributed by atoms with Gasteiger partial charge in [0.25, 0.3) is 5.91 Å². The minimum atomic E-state index is -0.361. The normalized spacial score (nSPS) is 12.8. The molecule has 100 valence electrons. The van der Waals surface area contributed by atoms with Gasteiger partial charge < -0.3 is 10.1 Å². The van der Waals surface area contributed by atoms with E-state index in [1.807, 2.05) is 0 Å². The maximum Gasteiger partial charge on any atom is 0.338 e. The van der Waals surface area contributed by atoms with Crippen molar-refractivity contribution in [1.29, 1.82) is 0 Å². The van der Waals surface area contributed by atoms with Gasteiger partial charge in [0, 0.05) is 28.1 Å². The van der Waals surface area contributed by atoms with Crippen LogP contribution in [0.5, 0.6) is 0 Å². The van der Waals surface area contributed by atoms with Gasteiger partial charge in [-0.2, -0.15) is 0 Å². The molecule has 1 N–H and O–H groups in total. The topological polar surface area (TPSA) is 68.3 Å². The van der Waals surface area contributed by atoms with Crippen molar-refractivity contribution in [3.05, 3.63) is 57.8 Å². The van der Waals surface area contributed by atoms with Crippen LogP contribution in [0, 0.1) is 0 Å². The summed E-state index contributed by atoms with van der Waals surface area (Å²) < 4.78 is 5.64. The Kier molecular flexibility index (Phi) is 3.23. The molecule has 2 heterocycles. The third kappa shape index (κ3) is 2.42. The molecule has 1 aromatic heterocycles. The second kappa shape index (κ2) is 5.05. The fourth-order valence-electron chi connectivity index (χ4n) is 1.93. The number of rotatable bonds is 2. The van der Waals surface area contributed by atoms with E-state index in [1.165, 1.54) is 6.20 Å². The fraction of sp³-hybridized carbons (Fsp3) is 0.0714. The molecule has 0 atom stereocenters. The van der Waals surface area contributed by atoms with Gasteiger partial charge in [0.2, 0.25) is 0 Å². The van der Waals surface area contributed by atoms with Crippen LogP contribution in [0.15, 0.2) is 41.1 Å². The van der Waals surface area contributed by atoms with Gasteiger partial charge in [-0.05, 0) is 34.1 Å². The number of nitrogens with zero attached hydrogens (tertiary/aromatic N) is 1. The van der Waals surface area contributed by atoms with Crippen molar-refractivity contribution in [2.24, 2.45) is 0 Å². The number of hydrogen-bond donors (Lipinski definition) is 1. The van der Waals surface area contributed by atoms with Crippen molar-refractivity contribution in [1.82, 2.24) is 4.98 Å². The van der Waals surface area contributed by atoms with E-state index >= 15 is 0 Å². The number of hydrogen-bond acceptors (Lipinski definition) is 4. The lowest BCUT2D eigenvalue weighted by Gasteiger charge is -2.06. The van der Waals surface area contributed by atoms with E-state index in [4.69, 9.17) is 4.74 Å². The van der Waals surface area contributed by atoms with Crippen LogP contribution in [-0.2, 0) is 11.3 Å². The number of carbonyl (C=O) groups excluding carboxylic acids is 2. The van der Waals surface area contributed by atoms with E-state index in [-0.39, 0.29) is 18.5 Å². The lowest BCUT2D eigenvalue weighted by Crippen LogP contribution is -2.12. The predicted octanol–water partition coefficient (Wildman–Crippen LogP) is 2.77. The van der Waals surface area contributed by atoms with E-state index < -0.39 is 0 Å². The molecule has 6 heteroatoms. The van der Waals surface area contributed by atoms with Crippen molar-refractivity contribution < 1.29 is 14.3 Å². The first-order valence-corrected chi connectivity index (χ1v) is 6.65. The van der Waals surface area contributed by atoms with Gasteiger partial charge in [-0.1, -0.05) is 6.07 Å². The van der Waals surface area contributed by atoms with Crippen LogP contribution in [0.4, 0.5) is 5.69 Å². The van der Waals surface area contributed by atoms with Crippen molar-refractivity contribution in [3.8, 4) is 0 Å². The van der Waals surface area contributed by atoms with Crippen molar-refractivity contribution in [2.45, 2.75) is 6.61 Å². The molecule has 5 nitrogen and oxygen atoms in total. The zero-order valence-corrected chi connectivity index (χ0v) is 11.8. The summed E-state index contributed by atoms with van der Waals surface area (Å²) in [6.07, 6.45) is 3.07. The number of halogens is 1. The standard InChI is InChI=1S/C14H9BrN2O3/c15-10-3-9(5-16-6-10)13(18)17-11-2-1-8-7-20-14(19)12(8)4-11/h1-6H,7H2,(H,17,18). The summed E-state index contributed by atoms with van der Waals surface area (Å²) in [6, 6.07) is 6.80. The Balaban J connectivity index is 1.83. The van der Waals surface area contributed by atoms with Crippen LogP contribution < -0.4 is 5.32 Å². The van der Waals surface area contributed by atoms with Crippen LogP contribution in [0.1, 0.15) is 26.3 Å². The zero-order chi connectivity index (χ0) is 14.1. The molecule has 1 aromatic carbocycles. The highest BCUT2D eigenvalue weighted by molar-refractivity contribution is 9.10. The molecule has 1 amide bonds. The zero-order valence-electron chi connectivity index (χ0n) is 10.2. The van der Waals surface area contributed by atoms with Gasteiger partial charge in [-0.15, -0.1) is 0 Å². The SMILES string of the molecule is O=C(Nc1ccc2c(c1)C(=O)OC2)c1cncc(Br)c1. The smallest absolute Gasteiger partial charge is 0.338 e. The van der Waals surface area contributed by atoms with Gasteiger partial charge in [0.15, 0.2) is 0 Å². The van der Waals surface area contributed by atoms with Crippen LogP contribution in [0.3, 0.4) is 0 Å². The molecule has 3 rings (SSSR count). The van der Waals surface area contributed by atoms with Gasteiger partial charge in [-0.3, -0.25) is 9.78 Å². The first-order chi connectivity index (χ1) is 9.63. The summed E-state index contributed by atoms with van der Waals surface area (Å²) in [5.41, 5.74) is 2.31. The maximum atomic E-state index is 12.1. The second-order valence-electron chi connectivity index (χ2n) is 4.29. The molecule has 1 aliphatic heterocycles. The number of nitrogens with one attached hydrogen (secondary N) is 1. The molecular formula is C14H9BrN2O3. The van der Waals surface area contributed by atoms with Gasteiger partial charge in [0.05, 0.1) is 11.1 Å².